The number of non-ortho nitro benzene ring substituents is 1. The van der Waals surface area contributed by atoms with E-state index in [2.05, 4.69) is 25.1 Å². The van der Waals surface area contributed by atoms with Gasteiger partial charge in [0, 0.05) is 17.4 Å². The maximum Gasteiger partial charge on any atom is 0.324 e. The Kier molecular flexibility index (Phi) is 6.34. The lowest BCUT2D eigenvalue weighted by Crippen LogP contribution is -2.26. The van der Waals surface area contributed by atoms with Gasteiger partial charge in [-0.25, -0.2) is 0 Å². The van der Waals surface area contributed by atoms with E-state index in [1.54, 1.807) is 7.11 Å². The van der Waals surface area contributed by atoms with Crippen LogP contribution in [0.25, 0.3) is 16.3 Å². The van der Waals surface area contributed by atoms with Crippen LogP contribution in [0.1, 0.15) is 42.1 Å². The minimum atomic E-state index is -1.21. The Balaban J connectivity index is 0.000000181. The molecule has 0 aliphatic heterocycles. The van der Waals surface area contributed by atoms with Crippen molar-refractivity contribution in [2.24, 2.45) is 5.41 Å². The fraction of sp³-hybridized carbons (Fsp3) is 0.240. The van der Waals surface area contributed by atoms with Gasteiger partial charge in [0.25, 0.3) is 11.4 Å². The van der Waals surface area contributed by atoms with Gasteiger partial charge in [-0.15, -0.1) is 0 Å². The molecule has 3 aromatic carbocycles. The van der Waals surface area contributed by atoms with Gasteiger partial charge < -0.3 is 9.84 Å². The van der Waals surface area contributed by atoms with Crippen molar-refractivity contribution in [3.63, 3.8) is 0 Å². The highest BCUT2D eigenvalue weighted by Gasteiger charge is 2.41. The fourth-order valence-electron chi connectivity index (χ4n) is 4.91. The van der Waals surface area contributed by atoms with Gasteiger partial charge in [-0.3, -0.25) is 35.1 Å². The van der Waals surface area contributed by atoms with Crippen LogP contribution in [0.2, 0.25) is 0 Å². The number of nitrogens with zero attached hydrogens (tertiary/aromatic N) is 3. The molecule has 12 nitrogen and oxygen atoms in total. The van der Waals surface area contributed by atoms with E-state index in [9.17, 15) is 35.1 Å². The summed E-state index contributed by atoms with van der Waals surface area (Å²) in [4.78, 5) is 40.5. The number of hydrogen-bond acceptors (Lipinski definition) is 9. The zero-order valence-electron chi connectivity index (χ0n) is 19.8. The van der Waals surface area contributed by atoms with E-state index in [0.29, 0.717) is 18.6 Å². The minimum absolute atomic E-state index is 0.0459. The molecule has 2 aliphatic carbocycles. The average Bonchev–Trinajstić information content (AvgIpc) is 3.24. The standard InChI is InChI=1S/C19H18O2.C6H3N3O7/c1-19-9-3-4-16(19)15-7-5-12-10-13(21-2)6-8-14(12)18(15)17(20)11-19;10-6-4(8(13)14)1-3(7(11)12)2-5(6)9(15)16/h4-8,10H,3,9,11H2,1-2H3;1-2,10H. The third-order valence-electron chi connectivity index (χ3n) is 6.70. The van der Waals surface area contributed by atoms with Crippen LogP contribution in [0.15, 0.2) is 48.5 Å². The lowest BCUT2D eigenvalue weighted by atomic mass is 9.69. The van der Waals surface area contributed by atoms with Crippen LogP contribution >= 0.6 is 0 Å². The van der Waals surface area contributed by atoms with Crippen LogP contribution in [-0.4, -0.2) is 32.8 Å². The fourth-order valence-corrected chi connectivity index (χ4v) is 4.91. The Morgan fingerprint density at radius 1 is 0.946 bits per heavy atom. The molecule has 0 amide bonds. The van der Waals surface area contributed by atoms with Crippen molar-refractivity contribution in [1.82, 2.24) is 0 Å². The third kappa shape index (κ3) is 4.44. The summed E-state index contributed by atoms with van der Waals surface area (Å²) in [5.74, 6) is -0.0986. The van der Waals surface area contributed by atoms with Crippen molar-refractivity contribution in [1.29, 1.82) is 0 Å². The summed E-state index contributed by atoms with van der Waals surface area (Å²) in [6, 6.07) is 11.1. The summed E-state index contributed by atoms with van der Waals surface area (Å²) in [7, 11) is 1.67. The average molecular weight is 507 g/mol. The first-order chi connectivity index (χ1) is 17.5. The molecule has 0 fully saturated rings. The number of Topliss-reactive ketones (excluding diaryl/α,β-unsaturated/α-hetero) is 1. The number of phenolic OH excluding ortho intramolecular Hbond substituents is 1. The van der Waals surface area contributed by atoms with Crippen molar-refractivity contribution in [3.8, 4) is 11.5 Å². The minimum Gasteiger partial charge on any atom is -0.497 e. The molecular formula is C25H21N3O9. The van der Waals surface area contributed by atoms with Crippen LogP contribution < -0.4 is 4.74 Å². The van der Waals surface area contributed by atoms with Gasteiger partial charge in [-0.05, 0) is 52.9 Å². The van der Waals surface area contributed by atoms with Crippen LogP contribution in [0.3, 0.4) is 0 Å². The molecular weight excluding hydrogens is 486 g/mol. The molecule has 0 heterocycles. The van der Waals surface area contributed by atoms with Gasteiger partial charge in [0.15, 0.2) is 5.78 Å². The molecule has 0 saturated carbocycles. The number of ether oxygens (including phenoxy) is 1. The van der Waals surface area contributed by atoms with Crippen LogP contribution in [0, 0.1) is 35.8 Å². The second kappa shape index (κ2) is 9.30. The van der Waals surface area contributed by atoms with Crippen molar-refractivity contribution >= 4 is 39.2 Å². The van der Waals surface area contributed by atoms with E-state index in [1.807, 2.05) is 18.2 Å². The number of methoxy groups -OCH3 is 1. The first-order valence-electron chi connectivity index (χ1n) is 11.1. The Bertz CT molecular complexity index is 1490. The number of nitro benzene ring substituents is 3. The van der Waals surface area contributed by atoms with Crippen molar-refractivity contribution in [3.05, 3.63) is 90.0 Å². The predicted octanol–water partition coefficient (Wildman–Crippen LogP) is 5.74. The molecule has 0 aromatic heterocycles. The SMILES string of the molecule is COc1ccc2c3c(ccc2c1)C1=CCCC1(C)CC3=O.O=[N+]([O-])c1cc([N+](=O)[O-])c(O)c([N+](=O)[O-])c1. The molecule has 1 N–H and O–H groups in total. The highest BCUT2D eigenvalue weighted by molar-refractivity contribution is 6.15. The van der Waals surface area contributed by atoms with Crippen LogP contribution in [0.4, 0.5) is 17.1 Å². The molecule has 37 heavy (non-hydrogen) atoms. The maximum absolute atomic E-state index is 12.7. The number of nitro groups is 3. The summed E-state index contributed by atoms with van der Waals surface area (Å²) in [5, 5.41) is 42.3. The number of rotatable bonds is 4. The van der Waals surface area contributed by atoms with Crippen LogP contribution in [-0.2, 0) is 0 Å². The van der Waals surface area contributed by atoms with Gasteiger partial charge in [0.1, 0.15) is 5.75 Å². The maximum atomic E-state index is 12.7. The van der Waals surface area contributed by atoms with Gasteiger partial charge >= 0.3 is 11.4 Å². The Labute approximate surface area is 209 Å². The topological polar surface area (TPSA) is 176 Å². The molecule has 5 rings (SSSR count). The number of aromatic hydroxyl groups is 1. The van der Waals surface area contributed by atoms with Crippen molar-refractivity contribution < 1.29 is 29.4 Å². The zero-order chi connectivity index (χ0) is 27.1. The van der Waals surface area contributed by atoms with Crippen molar-refractivity contribution in [2.75, 3.05) is 7.11 Å². The number of benzene rings is 3. The third-order valence-corrected chi connectivity index (χ3v) is 6.70. The summed E-state index contributed by atoms with van der Waals surface area (Å²) in [6.07, 6.45) is 5.13. The van der Waals surface area contributed by atoms with Gasteiger partial charge in [-0.1, -0.05) is 25.1 Å². The number of ketones is 1. The smallest absolute Gasteiger partial charge is 0.324 e. The second-order valence-electron chi connectivity index (χ2n) is 9.00. The molecule has 0 radical (unpaired) electrons. The van der Waals surface area contributed by atoms with E-state index in [1.165, 1.54) is 5.57 Å². The number of carbonyl (C=O) groups excluding carboxylic acids is 1. The highest BCUT2D eigenvalue weighted by Crippen LogP contribution is 2.52. The quantitative estimate of drug-likeness (QED) is 0.341. The Morgan fingerprint density at radius 3 is 2.16 bits per heavy atom. The number of phenols is 1. The second-order valence-corrected chi connectivity index (χ2v) is 9.00. The Morgan fingerprint density at radius 2 is 1.59 bits per heavy atom. The molecule has 1 unspecified atom stereocenters. The van der Waals surface area contributed by atoms with E-state index in [-0.39, 0.29) is 11.2 Å². The van der Waals surface area contributed by atoms with Gasteiger partial charge in [0.2, 0.25) is 0 Å². The number of fused-ring (bicyclic) bond motifs is 5. The predicted molar refractivity (Wildman–Crippen MR) is 133 cm³/mol. The van der Waals surface area contributed by atoms with Gasteiger partial charge in [-0.2, -0.15) is 0 Å². The monoisotopic (exact) mass is 507 g/mol. The molecule has 3 aromatic rings. The molecule has 12 heteroatoms. The lowest BCUT2D eigenvalue weighted by molar-refractivity contribution is -0.404. The molecule has 190 valence electrons. The molecule has 0 bridgehead atoms. The first-order valence-corrected chi connectivity index (χ1v) is 11.1. The largest absolute Gasteiger partial charge is 0.497 e. The lowest BCUT2D eigenvalue weighted by Gasteiger charge is -2.34. The summed E-state index contributed by atoms with van der Waals surface area (Å²) in [5.41, 5.74) is 0.460. The van der Waals surface area contributed by atoms with Gasteiger partial charge in [0.05, 0.1) is 34.0 Å². The van der Waals surface area contributed by atoms with Crippen LogP contribution in [0.5, 0.6) is 11.5 Å². The summed E-state index contributed by atoms with van der Waals surface area (Å²) >= 11 is 0. The van der Waals surface area contributed by atoms with E-state index < -0.39 is 37.6 Å². The number of hydrogen-bond donors (Lipinski definition) is 1. The number of carbonyl (C=O) groups is 1. The normalized spacial score (nSPS) is 17.7. The Hall–Kier alpha value is -4.87. The molecule has 1 atom stereocenters. The first kappa shape index (κ1) is 25.2. The number of allylic oxidation sites excluding steroid dienone is 2. The highest BCUT2D eigenvalue weighted by atomic mass is 16.6. The van der Waals surface area contributed by atoms with E-state index >= 15 is 0 Å². The van der Waals surface area contributed by atoms with Crippen molar-refractivity contribution in [2.45, 2.75) is 26.2 Å². The molecule has 2 aliphatic rings. The van der Waals surface area contributed by atoms with E-state index in [4.69, 9.17) is 9.84 Å². The molecule has 0 spiro atoms. The van der Waals surface area contributed by atoms with E-state index in [0.717, 1.165) is 40.5 Å². The molecule has 0 saturated heterocycles. The summed E-state index contributed by atoms with van der Waals surface area (Å²) in [6.45, 7) is 2.23. The summed E-state index contributed by atoms with van der Waals surface area (Å²) < 4.78 is 5.28. The zero-order valence-corrected chi connectivity index (χ0v) is 19.8.